The van der Waals surface area contributed by atoms with E-state index in [1.807, 2.05) is 48.5 Å². The summed E-state index contributed by atoms with van der Waals surface area (Å²) in [7, 11) is 1.23. The second kappa shape index (κ2) is 9.60. The summed E-state index contributed by atoms with van der Waals surface area (Å²) in [4.78, 5) is 25.0. The second-order valence-corrected chi connectivity index (χ2v) is 7.76. The zero-order valence-electron chi connectivity index (χ0n) is 17.4. The van der Waals surface area contributed by atoms with Crippen LogP contribution in [-0.2, 0) is 9.53 Å². The number of carbonyl (C=O) groups is 2. The Labute approximate surface area is 183 Å². The number of ether oxygens (including phenoxy) is 1. The molecule has 2 N–H and O–H groups in total. The van der Waals surface area contributed by atoms with Crippen molar-refractivity contribution in [2.24, 2.45) is 0 Å². The zero-order chi connectivity index (χ0) is 23.5. The van der Waals surface area contributed by atoms with E-state index in [-0.39, 0.29) is 25.4 Å². The van der Waals surface area contributed by atoms with Gasteiger partial charge in [-0.25, -0.2) is 9.59 Å². The van der Waals surface area contributed by atoms with Gasteiger partial charge >= 0.3 is 18.2 Å². The van der Waals surface area contributed by atoms with Crippen molar-refractivity contribution in [2.45, 2.75) is 43.5 Å². The van der Waals surface area contributed by atoms with E-state index in [4.69, 9.17) is 9.84 Å². The number of aliphatic hydroxyl groups excluding tert-OH is 1. The predicted octanol–water partition coefficient (Wildman–Crippen LogP) is 4.41. The molecular weight excluding hydrogens is 427 g/mol. The van der Waals surface area contributed by atoms with Crippen LogP contribution in [0.15, 0.2) is 48.5 Å². The van der Waals surface area contributed by atoms with Crippen molar-refractivity contribution in [2.75, 3.05) is 13.7 Å². The van der Waals surface area contributed by atoms with E-state index < -0.39 is 36.8 Å². The Morgan fingerprint density at radius 3 is 2.06 bits per heavy atom. The molecule has 2 atom stereocenters. The molecule has 0 saturated heterocycles. The van der Waals surface area contributed by atoms with Crippen LogP contribution in [0.2, 0.25) is 0 Å². The average Bonchev–Trinajstić information content (AvgIpc) is 3.07. The molecule has 0 bridgehead atoms. The number of hydrogen-bond acceptors (Lipinski definition) is 4. The number of halogens is 3. The second-order valence-electron chi connectivity index (χ2n) is 7.76. The molecule has 0 spiro atoms. The number of nitrogens with zero attached hydrogens (tertiary/aromatic N) is 1. The van der Waals surface area contributed by atoms with Crippen molar-refractivity contribution in [3.63, 3.8) is 0 Å². The van der Waals surface area contributed by atoms with Crippen LogP contribution in [0.5, 0.6) is 0 Å². The lowest BCUT2D eigenvalue weighted by Crippen LogP contribution is -2.43. The average molecular weight is 451 g/mol. The molecule has 1 aliphatic carbocycles. The van der Waals surface area contributed by atoms with Crippen LogP contribution in [0.1, 0.15) is 36.3 Å². The molecule has 172 valence electrons. The van der Waals surface area contributed by atoms with Crippen molar-refractivity contribution in [3.8, 4) is 11.1 Å². The highest BCUT2D eigenvalue weighted by molar-refractivity contribution is 5.81. The molecule has 3 rings (SSSR count). The number of carboxylic acid groups (broad SMARTS) is 1. The highest BCUT2D eigenvalue weighted by Crippen LogP contribution is 2.44. The smallest absolute Gasteiger partial charge is 0.414 e. The Kier molecular flexibility index (Phi) is 7.08. The molecule has 0 heterocycles. The summed E-state index contributed by atoms with van der Waals surface area (Å²) in [5.74, 6) is -1.56. The van der Waals surface area contributed by atoms with Crippen LogP contribution in [0, 0.1) is 0 Å². The van der Waals surface area contributed by atoms with Gasteiger partial charge in [-0.3, -0.25) is 4.90 Å². The summed E-state index contributed by atoms with van der Waals surface area (Å²) in [6, 6.07) is 14.1. The van der Waals surface area contributed by atoms with E-state index in [2.05, 4.69) is 0 Å². The van der Waals surface area contributed by atoms with E-state index in [0.717, 1.165) is 27.2 Å². The van der Waals surface area contributed by atoms with Gasteiger partial charge in [-0.05, 0) is 41.5 Å². The Morgan fingerprint density at radius 1 is 1.03 bits per heavy atom. The van der Waals surface area contributed by atoms with Gasteiger partial charge in [0.15, 0.2) is 0 Å². The minimum Gasteiger partial charge on any atom is -0.480 e. The van der Waals surface area contributed by atoms with E-state index in [1.165, 1.54) is 7.05 Å². The third kappa shape index (κ3) is 5.04. The highest BCUT2D eigenvalue weighted by Gasteiger charge is 2.38. The largest absolute Gasteiger partial charge is 0.480 e. The van der Waals surface area contributed by atoms with Gasteiger partial charge in [0.2, 0.25) is 0 Å². The van der Waals surface area contributed by atoms with Crippen molar-refractivity contribution in [3.05, 3.63) is 59.7 Å². The molecule has 0 fully saturated rings. The Hall–Kier alpha value is -3.07. The van der Waals surface area contributed by atoms with Crippen molar-refractivity contribution in [1.82, 2.24) is 4.90 Å². The normalized spacial score (nSPS) is 14.9. The van der Waals surface area contributed by atoms with Crippen LogP contribution in [0.3, 0.4) is 0 Å². The first-order chi connectivity index (χ1) is 15.1. The SMILES string of the molecule is CN(C(=O)OCC1c2ccccc2-c2ccccc21)[C@@H](CCCC(O)C(F)(F)F)C(=O)O. The summed E-state index contributed by atoms with van der Waals surface area (Å²) >= 11 is 0. The minimum absolute atomic E-state index is 0.00364. The fourth-order valence-corrected chi connectivity index (χ4v) is 3.97. The third-order valence-electron chi connectivity index (χ3n) is 5.71. The monoisotopic (exact) mass is 451 g/mol. The Morgan fingerprint density at radius 2 is 1.56 bits per heavy atom. The first kappa shape index (κ1) is 23.6. The Bertz CT molecular complexity index is 933. The summed E-state index contributed by atoms with van der Waals surface area (Å²) in [5.41, 5.74) is 4.09. The quantitative estimate of drug-likeness (QED) is 0.621. The number of fused-ring (bicyclic) bond motifs is 3. The maximum atomic E-state index is 12.5. The number of hydrogen-bond donors (Lipinski definition) is 2. The molecular formula is C23H24F3NO5. The van der Waals surface area contributed by atoms with Crippen LogP contribution in [0.25, 0.3) is 11.1 Å². The lowest BCUT2D eigenvalue weighted by Gasteiger charge is -2.25. The number of aliphatic hydroxyl groups is 1. The van der Waals surface area contributed by atoms with E-state index >= 15 is 0 Å². The number of benzene rings is 2. The van der Waals surface area contributed by atoms with Gasteiger partial charge in [0.1, 0.15) is 18.8 Å². The molecule has 1 amide bonds. The van der Waals surface area contributed by atoms with Gasteiger partial charge < -0.3 is 14.9 Å². The first-order valence-electron chi connectivity index (χ1n) is 10.2. The van der Waals surface area contributed by atoms with E-state index in [9.17, 15) is 27.9 Å². The summed E-state index contributed by atoms with van der Waals surface area (Å²) in [6.07, 6.45) is -9.29. The van der Waals surface area contributed by atoms with Crippen molar-refractivity contribution in [1.29, 1.82) is 0 Å². The number of alkyl halides is 3. The topological polar surface area (TPSA) is 87.1 Å². The predicted molar refractivity (Wildman–Crippen MR) is 110 cm³/mol. The molecule has 32 heavy (non-hydrogen) atoms. The molecule has 6 nitrogen and oxygen atoms in total. The van der Waals surface area contributed by atoms with Crippen LogP contribution in [0.4, 0.5) is 18.0 Å². The van der Waals surface area contributed by atoms with Gasteiger partial charge in [-0.15, -0.1) is 0 Å². The van der Waals surface area contributed by atoms with Gasteiger partial charge in [0, 0.05) is 13.0 Å². The molecule has 0 aliphatic heterocycles. The van der Waals surface area contributed by atoms with Crippen molar-refractivity contribution >= 4 is 12.1 Å². The fraction of sp³-hybridized carbons (Fsp3) is 0.391. The van der Waals surface area contributed by atoms with Gasteiger partial charge in [0.25, 0.3) is 0 Å². The van der Waals surface area contributed by atoms with Gasteiger partial charge in [-0.2, -0.15) is 13.2 Å². The fourth-order valence-electron chi connectivity index (χ4n) is 3.97. The molecule has 9 heteroatoms. The molecule has 1 unspecified atom stereocenters. The number of carboxylic acids is 1. The first-order valence-corrected chi connectivity index (χ1v) is 10.2. The van der Waals surface area contributed by atoms with Crippen LogP contribution < -0.4 is 0 Å². The van der Waals surface area contributed by atoms with E-state index in [1.54, 1.807) is 0 Å². The maximum Gasteiger partial charge on any atom is 0.414 e. The highest BCUT2D eigenvalue weighted by atomic mass is 19.4. The summed E-state index contributed by atoms with van der Waals surface area (Å²) in [6.45, 7) is -0.00364. The number of rotatable bonds is 8. The van der Waals surface area contributed by atoms with Crippen LogP contribution >= 0.6 is 0 Å². The molecule has 0 aromatic heterocycles. The molecule has 1 aliphatic rings. The number of likely N-dealkylation sites (N-methyl/N-ethyl adjacent to an activating group) is 1. The molecule has 2 aromatic carbocycles. The van der Waals surface area contributed by atoms with Gasteiger partial charge in [-0.1, -0.05) is 48.5 Å². The Balaban J connectivity index is 1.63. The van der Waals surface area contributed by atoms with Crippen LogP contribution in [-0.4, -0.2) is 59.2 Å². The molecule has 2 aromatic rings. The number of amides is 1. The van der Waals surface area contributed by atoms with Gasteiger partial charge in [0.05, 0.1) is 0 Å². The van der Waals surface area contributed by atoms with Crippen molar-refractivity contribution < 1.29 is 37.7 Å². The molecule has 0 saturated carbocycles. The minimum atomic E-state index is -4.77. The number of aliphatic carboxylic acids is 1. The third-order valence-corrected chi connectivity index (χ3v) is 5.71. The summed E-state index contributed by atoms with van der Waals surface area (Å²) in [5, 5.41) is 18.5. The summed E-state index contributed by atoms with van der Waals surface area (Å²) < 4.78 is 42.7. The maximum absolute atomic E-state index is 12.5. The van der Waals surface area contributed by atoms with E-state index in [0.29, 0.717) is 0 Å². The lowest BCUT2D eigenvalue weighted by atomic mass is 9.98. The molecule has 0 radical (unpaired) electrons. The zero-order valence-corrected chi connectivity index (χ0v) is 17.4. The standard InChI is InChI=1S/C23H24F3NO5/c1-27(19(21(29)30)11-6-12-20(28)23(24,25)26)22(31)32-13-18-16-9-4-2-7-14(16)15-8-3-5-10-17(15)18/h2-5,7-10,18-20,28H,6,11-13H2,1H3,(H,29,30)/t19-,20?/m0/s1. The number of carbonyl (C=O) groups excluding carboxylic acids is 1. The lowest BCUT2D eigenvalue weighted by molar-refractivity contribution is -0.205.